The molecule has 0 aliphatic heterocycles. The Hall–Kier alpha value is -2.89. The minimum Gasteiger partial charge on any atom is -0.332 e. The predicted octanol–water partition coefficient (Wildman–Crippen LogP) is 3.37. The van der Waals surface area contributed by atoms with Crippen LogP contribution in [0.1, 0.15) is 52.1 Å². The maximum absolute atomic E-state index is 13.6. The van der Waals surface area contributed by atoms with E-state index in [4.69, 9.17) is 0 Å². The second kappa shape index (κ2) is 6.62. The summed E-state index contributed by atoms with van der Waals surface area (Å²) in [6, 6.07) is 8.75. The maximum Gasteiger partial charge on any atom is 0.257 e. The molecule has 1 amide bonds. The van der Waals surface area contributed by atoms with Crippen molar-refractivity contribution in [1.82, 2.24) is 24.9 Å². The highest BCUT2D eigenvalue weighted by Gasteiger charge is 2.40. The number of rotatable bonds is 4. The van der Waals surface area contributed by atoms with E-state index in [2.05, 4.69) is 33.2 Å². The van der Waals surface area contributed by atoms with Crippen LogP contribution in [0, 0.1) is 13.8 Å². The normalized spacial score (nSPS) is 18.7. The number of hydrogen-bond acceptors (Lipinski definition) is 3. The molecule has 6 nitrogen and oxygen atoms in total. The van der Waals surface area contributed by atoms with Gasteiger partial charge in [0.2, 0.25) is 0 Å². The molecule has 1 atom stereocenters. The molecule has 0 radical (unpaired) electrons. The van der Waals surface area contributed by atoms with E-state index in [-0.39, 0.29) is 11.9 Å². The van der Waals surface area contributed by atoms with Crippen molar-refractivity contribution in [2.75, 3.05) is 0 Å². The van der Waals surface area contributed by atoms with E-state index >= 15 is 0 Å². The third-order valence-electron chi connectivity index (χ3n) is 6.14. The lowest BCUT2D eigenvalue weighted by Crippen LogP contribution is -2.45. The number of amides is 1. The van der Waals surface area contributed by atoms with Gasteiger partial charge in [0.25, 0.3) is 5.91 Å². The van der Waals surface area contributed by atoms with E-state index in [1.54, 1.807) is 6.20 Å². The molecule has 6 heteroatoms. The Kier molecular flexibility index (Phi) is 4.07. The van der Waals surface area contributed by atoms with Gasteiger partial charge in [-0.15, -0.1) is 0 Å². The first-order valence-corrected chi connectivity index (χ1v) is 10.1. The van der Waals surface area contributed by atoms with Crippen LogP contribution in [-0.4, -0.2) is 42.9 Å². The Morgan fingerprint density at radius 2 is 1.96 bits per heavy atom. The number of fused-ring (bicyclic) bond motifs is 1. The fourth-order valence-electron chi connectivity index (χ4n) is 4.42. The molecule has 2 heterocycles. The highest BCUT2D eigenvalue weighted by atomic mass is 16.2. The molecule has 0 saturated heterocycles. The number of carbonyl (C=O) groups is 1. The molecule has 1 N–H and O–H groups in total. The number of hydrogen-bond donors (Lipinski definition) is 1. The molecule has 28 heavy (non-hydrogen) atoms. The van der Waals surface area contributed by atoms with E-state index in [1.807, 2.05) is 36.0 Å². The Labute approximate surface area is 164 Å². The van der Waals surface area contributed by atoms with Crippen molar-refractivity contribution >= 4 is 5.91 Å². The van der Waals surface area contributed by atoms with Crippen LogP contribution in [0.5, 0.6) is 0 Å². The van der Waals surface area contributed by atoms with Crippen molar-refractivity contribution in [3.8, 4) is 5.69 Å². The lowest BCUT2D eigenvalue weighted by atomic mass is 9.92. The number of aryl methyl sites for hydroxylation is 2. The van der Waals surface area contributed by atoms with Crippen LogP contribution in [0.3, 0.4) is 0 Å². The van der Waals surface area contributed by atoms with Crippen molar-refractivity contribution in [2.24, 2.45) is 0 Å². The number of benzene rings is 1. The highest BCUT2D eigenvalue weighted by molar-refractivity contribution is 5.96. The molecule has 1 saturated carbocycles. The summed E-state index contributed by atoms with van der Waals surface area (Å²) >= 11 is 0. The molecule has 1 unspecified atom stereocenters. The van der Waals surface area contributed by atoms with Gasteiger partial charge in [-0.2, -0.15) is 10.2 Å². The zero-order chi connectivity index (χ0) is 19.3. The van der Waals surface area contributed by atoms with Gasteiger partial charge in [-0.25, -0.2) is 4.68 Å². The molecular weight excluding hydrogens is 350 g/mol. The fourth-order valence-corrected chi connectivity index (χ4v) is 4.42. The zero-order valence-corrected chi connectivity index (χ0v) is 16.4. The molecule has 144 valence electrons. The van der Waals surface area contributed by atoms with E-state index in [0.717, 1.165) is 49.0 Å². The van der Waals surface area contributed by atoms with E-state index < -0.39 is 0 Å². The second-order valence-corrected chi connectivity index (χ2v) is 8.06. The molecule has 1 aromatic carbocycles. The van der Waals surface area contributed by atoms with Gasteiger partial charge in [-0.3, -0.25) is 9.89 Å². The maximum atomic E-state index is 13.6. The average molecular weight is 375 g/mol. The first-order valence-electron chi connectivity index (χ1n) is 10.1. The molecule has 3 aromatic rings. The summed E-state index contributed by atoms with van der Waals surface area (Å²) < 4.78 is 1.89. The fraction of sp³-hybridized carbons (Fsp3) is 0.409. The van der Waals surface area contributed by atoms with Crippen molar-refractivity contribution in [1.29, 1.82) is 0 Å². The highest BCUT2D eigenvalue weighted by Crippen LogP contribution is 2.35. The number of nitrogens with one attached hydrogen (secondary N) is 1. The van der Waals surface area contributed by atoms with Crippen LogP contribution in [0.25, 0.3) is 5.69 Å². The number of aromatic amines is 1. The molecule has 2 aromatic heterocycles. The number of para-hydroxylation sites is 1. The van der Waals surface area contributed by atoms with Gasteiger partial charge in [0.15, 0.2) is 0 Å². The Bertz CT molecular complexity index is 1030. The molecular formula is C22H25N5O. The molecule has 1 fully saturated rings. The number of nitrogens with zero attached hydrogens (tertiary/aromatic N) is 4. The standard InChI is InChI=1S/C22H25N5O/c1-14-5-3-4-6-21(14)27-15(2)19(13-24-27)22(28)26(17-7-8-17)18-9-10-20-16(11-18)12-23-25-20/h3-6,12-13,17-18H,7-11H2,1-2H3,(H,23,25). The summed E-state index contributed by atoms with van der Waals surface area (Å²) in [5.74, 6) is 0.122. The number of H-pyrrole nitrogens is 1. The molecule has 2 aliphatic rings. The summed E-state index contributed by atoms with van der Waals surface area (Å²) in [5, 5.41) is 11.8. The van der Waals surface area contributed by atoms with E-state index in [1.165, 1.54) is 11.3 Å². The quantitative estimate of drug-likeness (QED) is 0.760. The Morgan fingerprint density at radius 1 is 1.14 bits per heavy atom. The van der Waals surface area contributed by atoms with Gasteiger partial charge < -0.3 is 4.90 Å². The lowest BCUT2D eigenvalue weighted by molar-refractivity contribution is 0.0642. The topological polar surface area (TPSA) is 66.8 Å². The van der Waals surface area contributed by atoms with Gasteiger partial charge in [0.05, 0.1) is 29.3 Å². The van der Waals surface area contributed by atoms with Gasteiger partial charge in [-0.1, -0.05) is 18.2 Å². The zero-order valence-electron chi connectivity index (χ0n) is 16.4. The third-order valence-corrected chi connectivity index (χ3v) is 6.14. The van der Waals surface area contributed by atoms with E-state index in [9.17, 15) is 4.79 Å². The minimum absolute atomic E-state index is 0.122. The van der Waals surface area contributed by atoms with Crippen LogP contribution in [0.2, 0.25) is 0 Å². The van der Waals surface area contributed by atoms with Crippen molar-refractivity contribution < 1.29 is 4.79 Å². The first kappa shape index (κ1) is 17.2. The van der Waals surface area contributed by atoms with Crippen LogP contribution in [0.15, 0.2) is 36.7 Å². The van der Waals surface area contributed by atoms with Crippen molar-refractivity contribution in [3.05, 3.63) is 64.7 Å². The predicted molar refractivity (Wildman–Crippen MR) is 107 cm³/mol. The van der Waals surface area contributed by atoms with Crippen molar-refractivity contribution in [3.63, 3.8) is 0 Å². The number of aromatic nitrogens is 4. The second-order valence-electron chi connectivity index (χ2n) is 8.06. The van der Waals surface area contributed by atoms with Gasteiger partial charge >= 0.3 is 0 Å². The van der Waals surface area contributed by atoms with E-state index in [0.29, 0.717) is 11.6 Å². The lowest BCUT2D eigenvalue weighted by Gasteiger charge is -2.34. The van der Waals surface area contributed by atoms with Crippen molar-refractivity contribution in [2.45, 2.75) is 58.0 Å². The van der Waals surface area contributed by atoms with Gasteiger partial charge in [-0.05, 0) is 63.1 Å². The van der Waals surface area contributed by atoms with Crippen LogP contribution in [-0.2, 0) is 12.8 Å². The summed E-state index contributed by atoms with van der Waals surface area (Å²) in [4.78, 5) is 15.7. The van der Waals surface area contributed by atoms with Gasteiger partial charge in [0.1, 0.15) is 0 Å². The third kappa shape index (κ3) is 2.84. The number of carbonyl (C=O) groups excluding carboxylic acids is 1. The van der Waals surface area contributed by atoms with Crippen LogP contribution >= 0.6 is 0 Å². The minimum atomic E-state index is 0.122. The Morgan fingerprint density at radius 3 is 2.75 bits per heavy atom. The molecule has 2 aliphatic carbocycles. The monoisotopic (exact) mass is 375 g/mol. The van der Waals surface area contributed by atoms with Crippen LogP contribution < -0.4 is 0 Å². The summed E-state index contributed by atoms with van der Waals surface area (Å²) in [6.07, 6.45) is 8.69. The SMILES string of the molecule is Cc1ccccc1-n1ncc(C(=O)N(C2CC2)C2CCc3[nH]ncc3C2)c1C. The average Bonchev–Trinajstić information content (AvgIpc) is 3.28. The summed E-state index contributed by atoms with van der Waals surface area (Å²) in [5.41, 5.74) is 6.27. The first-order chi connectivity index (χ1) is 13.6. The van der Waals surface area contributed by atoms with Gasteiger partial charge in [0, 0.05) is 17.8 Å². The Balaban J connectivity index is 1.46. The summed E-state index contributed by atoms with van der Waals surface area (Å²) in [7, 11) is 0. The largest absolute Gasteiger partial charge is 0.332 e. The summed E-state index contributed by atoms with van der Waals surface area (Å²) in [6.45, 7) is 4.06. The molecule has 0 spiro atoms. The van der Waals surface area contributed by atoms with Crippen LogP contribution in [0.4, 0.5) is 0 Å². The molecule has 5 rings (SSSR count). The smallest absolute Gasteiger partial charge is 0.257 e. The molecule has 0 bridgehead atoms.